The van der Waals surface area contributed by atoms with Crippen LogP contribution in [0.3, 0.4) is 0 Å². The van der Waals surface area contributed by atoms with Crippen molar-refractivity contribution >= 4 is 16.9 Å². The fraction of sp³-hybridized carbons (Fsp3) is 0.636. The van der Waals surface area contributed by atoms with Gasteiger partial charge in [-0.2, -0.15) is 4.98 Å². The zero-order valence-electron chi connectivity index (χ0n) is 17.5. The van der Waals surface area contributed by atoms with Crippen molar-refractivity contribution in [2.45, 2.75) is 77.5 Å². The number of carbonyl (C=O) groups excluding carboxylic acids is 1. The lowest BCUT2D eigenvalue weighted by Crippen LogP contribution is -2.37. The molecule has 1 aromatic heterocycles. The summed E-state index contributed by atoms with van der Waals surface area (Å²) < 4.78 is 14.3. The Balaban J connectivity index is 1.52. The van der Waals surface area contributed by atoms with Crippen LogP contribution in [0.4, 0.5) is 0 Å². The highest BCUT2D eigenvalue weighted by Gasteiger charge is 2.25. The van der Waals surface area contributed by atoms with E-state index in [1.807, 2.05) is 14.0 Å². The van der Waals surface area contributed by atoms with E-state index in [2.05, 4.69) is 40.0 Å². The molecule has 1 N–H and O–H groups in total. The van der Waals surface area contributed by atoms with Gasteiger partial charge in [0.25, 0.3) is 6.01 Å². The van der Waals surface area contributed by atoms with Crippen molar-refractivity contribution in [3.05, 3.63) is 23.8 Å². The summed E-state index contributed by atoms with van der Waals surface area (Å²) in [5, 5.41) is 2.85. The molecule has 0 unspecified atom stereocenters. The molecule has 1 aliphatic carbocycles. The van der Waals surface area contributed by atoms with Gasteiger partial charge in [0.05, 0.1) is 23.7 Å². The summed E-state index contributed by atoms with van der Waals surface area (Å²) in [6, 6.07) is 7.22. The third-order valence-corrected chi connectivity index (χ3v) is 5.37. The van der Waals surface area contributed by atoms with Crippen LogP contribution in [0.25, 0.3) is 11.0 Å². The fourth-order valence-electron chi connectivity index (χ4n) is 3.90. The summed E-state index contributed by atoms with van der Waals surface area (Å²) in [4.78, 5) is 15.8. The van der Waals surface area contributed by atoms with Crippen LogP contribution in [0.5, 0.6) is 6.01 Å². The summed E-state index contributed by atoms with van der Waals surface area (Å²) >= 11 is 0. The average Bonchev–Trinajstić information content (AvgIpc) is 2.96. The normalized spacial score (nSPS) is 20.9. The second-order valence-corrected chi connectivity index (χ2v) is 7.98. The number of amides is 1. The number of aromatic nitrogens is 2. The molecule has 0 aliphatic heterocycles. The summed E-state index contributed by atoms with van der Waals surface area (Å²) in [6.45, 7) is 6.25. The van der Waals surface area contributed by atoms with Gasteiger partial charge in [-0.05, 0) is 56.7 Å². The van der Waals surface area contributed by atoms with E-state index in [4.69, 9.17) is 9.47 Å². The number of nitrogens with zero attached hydrogens (tertiary/aromatic N) is 2. The number of carbonyl (C=O) groups is 1. The molecule has 0 bridgehead atoms. The topological polar surface area (TPSA) is 65.4 Å². The van der Waals surface area contributed by atoms with E-state index in [1.54, 1.807) is 0 Å². The van der Waals surface area contributed by atoms with Crippen LogP contribution < -0.4 is 10.1 Å². The monoisotopic (exact) mass is 387 g/mol. The molecule has 1 amide bonds. The Bertz CT molecular complexity index is 794. The van der Waals surface area contributed by atoms with Gasteiger partial charge in [-0.3, -0.25) is 9.36 Å². The van der Waals surface area contributed by atoms with Gasteiger partial charge in [0, 0.05) is 20.0 Å². The van der Waals surface area contributed by atoms with E-state index in [0.717, 1.165) is 49.6 Å². The molecule has 2 aromatic rings. The van der Waals surface area contributed by atoms with Crippen LogP contribution in [-0.2, 0) is 23.0 Å². The second-order valence-electron chi connectivity index (χ2n) is 7.98. The Hall–Kier alpha value is -2.08. The van der Waals surface area contributed by atoms with E-state index < -0.39 is 0 Å². The van der Waals surface area contributed by atoms with Gasteiger partial charge in [-0.15, -0.1) is 0 Å². The second kappa shape index (κ2) is 9.41. The molecule has 154 valence electrons. The van der Waals surface area contributed by atoms with Crippen LogP contribution in [0, 0.1) is 0 Å². The summed E-state index contributed by atoms with van der Waals surface area (Å²) in [6.07, 6.45) is 6.52. The van der Waals surface area contributed by atoms with Crippen LogP contribution in [-0.4, -0.2) is 40.3 Å². The van der Waals surface area contributed by atoms with E-state index in [9.17, 15) is 4.79 Å². The number of hydrogen-bond acceptors (Lipinski definition) is 4. The Morgan fingerprint density at radius 3 is 2.68 bits per heavy atom. The molecular weight excluding hydrogens is 354 g/mol. The lowest BCUT2D eigenvalue weighted by Gasteiger charge is -2.29. The number of fused-ring (bicyclic) bond motifs is 1. The molecule has 1 heterocycles. The fourth-order valence-corrected chi connectivity index (χ4v) is 3.90. The third kappa shape index (κ3) is 5.25. The van der Waals surface area contributed by atoms with Crippen LogP contribution >= 0.6 is 0 Å². The summed E-state index contributed by atoms with van der Waals surface area (Å²) in [7, 11) is 2.03. The minimum absolute atomic E-state index is 0.0162. The number of aryl methyl sites for hydroxylation is 2. The van der Waals surface area contributed by atoms with Crippen molar-refractivity contribution in [3.63, 3.8) is 0 Å². The molecule has 0 spiro atoms. The molecule has 28 heavy (non-hydrogen) atoms. The number of hydrogen-bond donors (Lipinski definition) is 1. The Morgan fingerprint density at radius 1 is 1.29 bits per heavy atom. The van der Waals surface area contributed by atoms with E-state index in [0.29, 0.717) is 12.6 Å². The zero-order chi connectivity index (χ0) is 20.1. The molecule has 6 heteroatoms. The predicted octanol–water partition coefficient (Wildman–Crippen LogP) is 3.76. The van der Waals surface area contributed by atoms with Gasteiger partial charge in [0.1, 0.15) is 6.10 Å². The Labute approximate surface area is 167 Å². The zero-order valence-corrected chi connectivity index (χ0v) is 17.5. The summed E-state index contributed by atoms with van der Waals surface area (Å²) in [5.74, 6) is -0.0162. The van der Waals surface area contributed by atoms with Crippen LogP contribution in [0.1, 0.15) is 58.4 Å². The quantitative estimate of drug-likeness (QED) is 0.749. The van der Waals surface area contributed by atoms with Crippen LogP contribution in [0.15, 0.2) is 18.2 Å². The van der Waals surface area contributed by atoms with Crippen molar-refractivity contribution in [1.29, 1.82) is 0 Å². The standard InChI is InChI=1S/C22H33N3O3/c1-5-6-17-7-12-20-21(13-17)25(4)22(24-20)28-19-10-8-18(9-11-19)27-14-15(2)23-16(3)26/h7,12-13,15,18-19H,5-6,8-11,14H2,1-4H3,(H,23,26)/t15-,18-,19-/m0/s1. The van der Waals surface area contributed by atoms with E-state index in [1.165, 1.54) is 12.5 Å². The molecule has 1 saturated carbocycles. The van der Waals surface area contributed by atoms with Crippen molar-refractivity contribution in [2.75, 3.05) is 6.61 Å². The van der Waals surface area contributed by atoms with Gasteiger partial charge in [0.2, 0.25) is 5.91 Å². The number of imidazole rings is 1. The third-order valence-electron chi connectivity index (χ3n) is 5.37. The number of ether oxygens (including phenoxy) is 2. The largest absolute Gasteiger partial charge is 0.461 e. The molecule has 0 radical (unpaired) electrons. The van der Waals surface area contributed by atoms with Gasteiger partial charge in [0.15, 0.2) is 0 Å². The molecule has 1 fully saturated rings. The average molecular weight is 388 g/mol. The maximum absolute atomic E-state index is 11.1. The molecule has 3 rings (SSSR count). The molecular formula is C22H33N3O3. The van der Waals surface area contributed by atoms with E-state index >= 15 is 0 Å². The highest BCUT2D eigenvalue weighted by molar-refractivity contribution is 5.77. The van der Waals surface area contributed by atoms with Crippen molar-refractivity contribution in [2.24, 2.45) is 7.05 Å². The van der Waals surface area contributed by atoms with Crippen molar-refractivity contribution in [3.8, 4) is 6.01 Å². The number of nitrogens with one attached hydrogen (secondary N) is 1. The highest BCUT2D eigenvalue weighted by Crippen LogP contribution is 2.27. The van der Waals surface area contributed by atoms with Crippen LogP contribution in [0.2, 0.25) is 0 Å². The minimum Gasteiger partial charge on any atom is -0.461 e. The number of rotatable bonds is 8. The molecule has 1 atom stereocenters. The maximum atomic E-state index is 11.1. The first-order valence-electron chi connectivity index (χ1n) is 10.5. The summed E-state index contributed by atoms with van der Waals surface area (Å²) in [5.41, 5.74) is 3.46. The number of benzene rings is 1. The van der Waals surface area contributed by atoms with E-state index in [-0.39, 0.29) is 24.2 Å². The van der Waals surface area contributed by atoms with Gasteiger partial charge in [-0.1, -0.05) is 19.4 Å². The first kappa shape index (κ1) is 20.6. The SMILES string of the molecule is CCCc1ccc2nc(O[C@H]3CC[C@H](OC[C@H](C)NC(C)=O)CC3)n(C)c2c1. The molecule has 1 aromatic carbocycles. The Kier molecular flexibility index (Phi) is 6.94. The molecule has 0 saturated heterocycles. The predicted molar refractivity (Wildman–Crippen MR) is 111 cm³/mol. The highest BCUT2D eigenvalue weighted by atomic mass is 16.5. The maximum Gasteiger partial charge on any atom is 0.297 e. The first-order chi connectivity index (χ1) is 13.5. The minimum atomic E-state index is -0.0162. The first-order valence-corrected chi connectivity index (χ1v) is 10.5. The lowest BCUT2D eigenvalue weighted by atomic mass is 9.95. The smallest absolute Gasteiger partial charge is 0.297 e. The van der Waals surface area contributed by atoms with Crippen molar-refractivity contribution < 1.29 is 14.3 Å². The molecule has 1 aliphatic rings. The van der Waals surface area contributed by atoms with Gasteiger partial charge in [-0.25, -0.2) is 0 Å². The molecule has 6 nitrogen and oxygen atoms in total. The lowest BCUT2D eigenvalue weighted by molar-refractivity contribution is -0.120. The van der Waals surface area contributed by atoms with Gasteiger partial charge < -0.3 is 14.8 Å². The van der Waals surface area contributed by atoms with Crippen molar-refractivity contribution in [1.82, 2.24) is 14.9 Å². The van der Waals surface area contributed by atoms with Gasteiger partial charge >= 0.3 is 0 Å². The Morgan fingerprint density at radius 2 is 2.00 bits per heavy atom.